The molecule has 108 valence electrons. The van der Waals surface area contributed by atoms with Gasteiger partial charge in [0, 0.05) is 16.6 Å². The summed E-state index contributed by atoms with van der Waals surface area (Å²) in [5.74, 6) is 0.554. The van der Waals surface area contributed by atoms with Crippen molar-refractivity contribution in [3.8, 4) is 0 Å². The van der Waals surface area contributed by atoms with E-state index in [1.807, 2.05) is 12.1 Å². The van der Waals surface area contributed by atoms with Crippen LogP contribution in [-0.2, 0) is 0 Å². The first-order chi connectivity index (χ1) is 10.1. The monoisotopic (exact) mass is 346 g/mol. The number of benzene rings is 2. The van der Waals surface area contributed by atoms with Gasteiger partial charge in [-0.15, -0.1) is 0 Å². The van der Waals surface area contributed by atoms with Gasteiger partial charge in [-0.25, -0.2) is 0 Å². The van der Waals surface area contributed by atoms with E-state index in [0.29, 0.717) is 17.6 Å². The zero-order chi connectivity index (χ0) is 14.8. The number of rotatable bonds is 4. The molecule has 1 aliphatic carbocycles. The minimum atomic E-state index is -0.347. The third-order valence-corrected chi connectivity index (χ3v) is 4.42. The number of nitrogens with zero attached hydrogens (tertiary/aromatic N) is 1. The predicted octanol–water partition coefficient (Wildman–Crippen LogP) is 4.72. The van der Waals surface area contributed by atoms with E-state index in [0.717, 1.165) is 17.3 Å². The molecule has 1 aliphatic rings. The molecule has 1 N–H and O–H groups in total. The Bertz CT molecular complexity index is 655. The number of nitro benzene ring substituents is 1. The maximum absolute atomic E-state index is 11.1. The number of nitrogens with one attached hydrogen (secondary N) is 1. The zero-order valence-corrected chi connectivity index (χ0v) is 12.9. The summed E-state index contributed by atoms with van der Waals surface area (Å²) in [5.41, 5.74) is 2.06. The summed E-state index contributed by atoms with van der Waals surface area (Å²) in [4.78, 5) is 10.7. The third kappa shape index (κ3) is 3.08. The van der Waals surface area contributed by atoms with Crippen LogP contribution in [0.2, 0.25) is 0 Å². The molecular weight excluding hydrogens is 332 g/mol. The SMILES string of the molecule is O=[N+]([O-])c1cc(Br)ccc1NC1CC(c2ccccc2)C1. The van der Waals surface area contributed by atoms with Gasteiger partial charge in [0.2, 0.25) is 0 Å². The molecule has 0 bridgehead atoms. The Morgan fingerprint density at radius 1 is 1.14 bits per heavy atom. The Hall–Kier alpha value is -1.88. The minimum Gasteiger partial charge on any atom is -0.377 e. The second kappa shape index (κ2) is 5.85. The van der Waals surface area contributed by atoms with E-state index in [9.17, 15) is 10.1 Å². The normalized spacial score (nSPS) is 20.6. The fourth-order valence-corrected chi connectivity index (χ4v) is 3.08. The lowest BCUT2D eigenvalue weighted by Crippen LogP contribution is -2.34. The maximum Gasteiger partial charge on any atom is 0.293 e. The molecule has 0 unspecified atom stereocenters. The first-order valence-corrected chi connectivity index (χ1v) is 7.68. The van der Waals surface area contributed by atoms with Gasteiger partial charge in [0.05, 0.1) is 4.92 Å². The third-order valence-electron chi connectivity index (χ3n) is 3.93. The van der Waals surface area contributed by atoms with Crippen molar-refractivity contribution in [1.29, 1.82) is 0 Å². The van der Waals surface area contributed by atoms with Crippen LogP contribution in [0, 0.1) is 10.1 Å². The summed E-state index contributed by atoms with van der Waals surface area (Å²) in [6.45, 7) is 0. The summed E-state index contributed by atoms with van der Waals surface area (Å²) >= 11 is 3.27. The second-order valence-electron chi connectivity index (χ2n) is 5.34. The Kier molecular flexibility index (Phi) is 3.92. The van der Waals surface area contributed by atoms with Crippen LogP contribution in [-0.4, -0.2) is 11.0 Å². The molecule has 5 heteroatoms. The molecule has 1 saturated carbocycles. The largest absolute Gasteiger partial charge is 0.377 e. The summed E-state index contributed by atoms with van der Waals surface area (Å²) in [7, 11) is 0. The van der Waals surface area contributed by atoms with Gasteiger partial charge in [-0.05, 0) is 36.5 Å². The van der Waals surface area contributed by atoms with Crippen molar-refractivity contribution in [2.45, 2.75) is 24.8 Å². The topological polar surface area (TPSA) is 55.2 Å². The lowest BCUT2D eigenvalue weighted by atomic mass is 9.76. The molecule has 1 fully saturated rings. The van der Waals surface area contributed by atoms with Crippen LogP contribution in [0.25, 0.3) is 0 Å². The van der Waals surface area contributed by atoms with E-state index in [4.69, 9.17) is 0 Å². The van der Waals surface area contributed by atoms with Gasteiger partial charge in [0.1, 0.15) is 5.69 Å². The zero-order valence-electron chi connectivity index (χ0n) is 11.3. The van der Waals surface area contributed by atoms with E-state index >= 15 is 0 Å². The molecule has 0 radical (unpaired) electrons. The van der Waals surface area contributed by atoms with E-state index in [1.165, 1.54) is 11.6 Å². The summed E-state index contributed by atoms with van der Waals surface area (Å²) in [6, 6.07) is 15.8. The van der Waals surface area contributed by atoms with Crippen LogP contribution < -0.4 is 5.32 Å². The molecule has 0 spiro atoms. The number of anilines is 1. The molecule has 4 nitrogen and oxygen atoms in total. The van der Waals surface area contributed by atoms with Gasteiger partial charge < -0.3 is 5.32 Å². The molecule has 0 aromatic heterocycles. The fraction of sp³-hybridized carbons (Fsp3) is 0.250. The molecule has 2 aromatic rings. The standard InChI is InChI=1S/C16H15BrN2O2/c17-13-6-7-15(16(10-13)19(20)21)18-14-8-12(9-14)11-4-2-1-3-5-11/h1-7,10,12,14,18H,8-9H2. The first-order valence-electron chi connectivity index (χ1n) is 6.89. The molecule has 0 aliphatic heterocycles. The van der Waals surface area contributed by atoms with Gasteiger partial charge in [0.15, 0.2) is 0 Å². The molecule has 0 heterocycles. The van der Waals surface area contributed by atoms with Crippen LogP contribution >= 0.6 is 15.9 Å². The molecule has 0 saturated heterocycles. The lowest BCUT2D eigenvalue weighted by molar-refractivity contribution is -0.384. The second-order valence-corrected chi connectivity index (χ2v) is 6.25. The molecule has 0 atom stereocenters. The van der Waals surface area contributed by atoms with Crippen LogP contribution in [0.15, 0.2) is 53.0 Å². The summed E-state index contributed by atoms with van der Waals surface area (Å²) < 4.78 is 0.718. The molecular formula is C16H15BrN2O2. The van der Waals surface area contributed by atoms with Crippen LogP contribution in [0.5, 0.6) is 0 Å². The van der Waals surface area contributed by atoms with Crippen LogP contribution in [0.1, 0.15) is 24.3 Å². The maximum atomic E-state index is 11.1. The highest BCUT2D eigenvalue weighted by molar-refractivity contribution is 9.10. The van der Waals surface area contributed by atoms with E-state index in [2.05, 4.69) is 45.5 Å². The number of hydrogen-bond donors (Lipinski definition) is 1. The van der Waals surface area contributed by atoms with Gasteiger partial charge in [-0.1, -0.05) is 46.3 Å². The van der Waals surface area contributed by atoms with Gasteiger partial charge in [0.25, 0.3) is 5.69 Å². The molecule has 21 heavy (non-hydrogen) atoms. The predicted molar refractivity (Wildman–Crippen MR) is 86.6 cm³/mol. The molecule has 0 amide bonds. The highest BCUT2D eigenvalue weighted by Crippen LogP contribution is 2.40. The summed E-state index contributed by atoms with van der Waals surface area (Å²) in [6.07, 6.45) is 2.02. The highest BCUT2D eigenvalue weighted by atomic mass is 79.9. The van der Waals surface area contributed by atoms with Gasteiger partial charge in [-0.2, -0.15) is 0 Å². The van der Waals surface area contributed by atoms with Crippen molar-refractivity contribution in [1.82, 2.24) is 0 Å². The van der Waals surface area contributed by atoms with Crippen molar-refractivity contribution in [2.24, 2.45) is 0 Å². The Morgan fingerprint density at radius 3 is 2.52 bits per heavy atom. The van der Waals surface area contributed by atoms with Crippen LogP contribution in [0.3, 0.4) is 0 Å². The van der Waals surface area contributed by atoms with Crippen molar-refractivity contribution in [3.05, 3.63) is 68.7 Å². The quantitative estimate of drug-likeness (QED) is 0.643. The first kappa shape index (κ1) is 14.1. The van der Waals surface area contributed by atoms with Gasteiger partial charge in [-0.3, -0.25) is 10.1 Å². The Labute approximate surface area is 131 Å². The van der Waals surface area contributed by atoms with Crippen molar-refractivity contribution in [2.75, 3.05) is 5.32 Å². The number of halogens is 1. The smallest absolute Gasteiger partial charge is 0.293 e. The average molecular weight is 347 g/mol. The molecule has 2 aromatic carbocycles. The molecule has 3 rings (SSSR count). The Morgan fingerprint density at radius 2 is 1.86 bits per heavy atom. The lowest BCUT2D eigenvalue weighted by Gasteiger charge is -2.36. The van der Waals surface area contributed by atoms with E-state index < -0.39 is 0 Å². The van der Waals surface area contributed by atoms with Crippen molar-refractivity contribution in [3.63, 3.8) is 0 Å². The Balaban J connectivity index is 1.66. The number of nitro groups is 1. The van der Waals surface area contributed by atoms with Crippen LogP contribution in [0.4, 0.5) is 11.4 Å². The van der Waals surface area contributed by atoms with E-state index in [-0.39, 0.29) is 10.6 Å². The number of hydrogen-bond acceptors (Lipinski definition) is 3. The van der Waals surface area contributed by atoms with E-state index in [1.54, 1.807) is 6.07 Å². The van der Waals surface area contributed by atoms with Crippen molar-refractivity contribution >= 4 is 27.3 Å². The highest BCUT2D eigenvalue weighted by Gasteiger charge is 2.31. The van der Waals surface area contributed by atoms with Gasteiger partial charge >= 0.3 is 0 Å². The average Bonchev–Trinajstić information content (AvgIpc) is 2.44. The minimum absolute atomic E-state index is 0.118. The van der Waals surface area contributed by atoms with Crippen molar-refractivity contribution < 1.29 is 4.92 Å². The fourth-order valence-electron chi connectivity index (χ4n) is 2.73. The summed E-state index contributed by atoms with van der Waals surface area (Å²) in [5, 5.41) is 14.4.